The number of para-hydroxylation sites is 1. The Kier molecular flexibility index (Phi) is 7.71. The fourth-order valence-electron chi connectivity index (χ4n) is 4.57. The molecule has 7 heteroatoms. The summed E-state index contributed by atoms with van der Waals surface area (Å²) < 4.78 is 5.34. The molecule has 1 aliphatic carbocycles. The first-order chi connectivity index (χ1) is 14.5. The van der Waals surface area contributed by atoms with E-state index in [4.69, 9.17) is 4.74 Å². The third-order valence-corrected chi connectivity index (χ3v) is 6.14. The highest BCUT2D eigenvalue weighted by molar-refractivity contribution is 5.93. The van der Waals surface area contributed by atoms with Gasteiger partial charge in [0, 0.05) is 18.3 Å². The van der Waals surface area contributed by atoms with Crippen LogP contribution in [0, 0.1) is 11.8 Å². The number of amides is 3. The van der Waals surface area contributed by atoms with E-state index in [0.717, 1.165) is 25.8 Å². The molecule has 0 aromatic heterocycles. The molecular formula is C23H33N3O4. The number of nitrogens with one attached hydrogen (secondary N) is 2. The van der Waals surface area contributed by atoms with Gasteiger partial charge in [-0.25, -0.2) is 9.59 Å². The number of nitrogens with zero attached hydrogens (tertiary/aromatic N) is 1. The lowest BCUT2D eigenvalue weighted by atomic mass is 9.78. The van der Waals surface area contributed by atoms with Crippen molar-refractivity contribution in [3.8, 4) is 0 Å². The fourth-order valence-corrected chi connectivity index (χ4v) is 4.57. The van der Waals surface area contributed by atoms with E-state index < -0.39 is 18.0 Å². The number of carbonyl (C=O) groups is 3. The number of anilines is 1. The van der Waals surface area contributed by atoms with E-state index in [9.17, 15) is 14.4 Å². The molecule has 2 N–H and O–H groups in total. The highest BCUT2D eigenvalue weighted by Gasteiger charge is 2.36. The summed E-state index contributed by atoms with van der Waals surface area (Å²) in [7, 11) is 0. The highest BCUT2D eigenvalue weighted by Crippen LogP contribution is 2.35. The minimum absolute atomic E-state index is 0.129. The van der Waals surface area contributed by atoms with E-state index in [0.29, 0.717) is 11.6 Å². The summed E-state index contributed by atoms with van der Waals surface area (Å²) in [6.07, 6.45) is 6.82. The van der Waals surface area contributed by atoms with Gasteiger partial charge in [-0.15, -0.1) is 0 Å². The van der Waals surface area contributed by atoms with Gasteiger partial charge in [0.1, 0.15) is 6.04 Å². The van der Waals surface area contributed by atoms with Gasteiger partial charge >= 0.3 is 12.0 Å². The van der Waals surface area contributed by atoms with Gasteiger partial charge in [0.05, 0.1) is 0 Å². The largest absolute Gasteiger partial charge is 0.454 e. The van der Waals surface area contributed by atoms with E-state index >= 15 is 0 Å². The predicted octanol–water partition coefficient (Wildman–Crippen LogP) is 3.56. The minimum atomic E-state index is -0.828. The van der Waals surface area contributed by atoms with Gasteiger partial charge in [0.2, 0.25) is 0 Å². The summed E-state index contributed by atoms with van der Waals surface area (Å²) >= 11 is 0. The van der Waals surface area contributed by atoms with Crippen molar-refractivity contribution in [2.75, 3.05) is 18.5 Å². The van der Waals surface area contributed by atoms with Crippen LogP contribution in [-0.4, -0.2) is 48.0 Å². The van der Waals surface area contributed by atoms with Gasteiger partial charge < -0.3 is 20.3 Å². The van der Waals surface area contributed by atoms with E-state index in [1.54, 1.807) is 12.1 Å². The Bertz CT molecular complexity index is 735. The molecule has 1 aromatic rings. The first kappa shape index (κ1) is 22.1. The minimum Gasteiger partial charge on any atom is -0.454 e. The number of likely N-dealkylation sites (tertiary alicyclic amines) is 1. The van der Waals surface area contributed by atoms with Gasteiger partial charge in [-0.1, -0.05) is 44.9 Å². The lowest BCUT2D eigenvalue weighted by Gasteiger charge is -2.44. The number of piperidine rings is 1. The van der Waals surface area contributed by atoms with Crippen molar-refractivity contribution in [1.82, 2.24) is 10.2 Å². The van der Waals surface area contributed by atoms with E-state index in [-0.39, 0.29) is 24.5 Å². The average molecular weight is 416 g/mol. The Balaban J connectivity index is 1.52. The second-order valence-electron chi connectivity index (χ2n) is 8.64. The topological polar surface area (TPSA) is 87.7 Å². The van der Waals surface area contributed by atoms with Crippen LogP contribution in [0.4, 0.5) is 10.5 Å². The van der Waals surface area contributed by atoms with Crippen molar-refractivity contribution in [2.24, 2.45) is 11.8 Å². The number of fused-ring (bicyclic) bond motifs is 1. The SMILES string of the molecule is CC(C)[C@H](NC(=O)Nc1ccccc1)C(=O)OCC(=O)N1CCC[C@@H]2CCCC[C@@H]21. The van der Waals surface area contributed by atoms with Crippen LogP contribution in [0.25, 0.3) is 0 Å². The summed E-state index contributed by atoms with van der Waals surface area (Å²) in [6.45, 7) is 4.12. The quantitative estimate of drug-likeness (QED) is 0.696. The summed E-state index contributed by atoms with van der Waals surface area (Å²) in [5, 5.41) is 5.36. The zero-order valence-electron chi connectivity index (χ0n) is 17.9. The first-order valence-electron chi connectivity index (χ1n) is 11.0. The molecule has 0 spiro atoms. The highest BCUT2D eigenvalue weighted by atomic mass is 16.5. The molecule has 2 aliphatic rings. The Morgan fingerprint density at radius 1 is 1.07 bits per heavy atom. The Morgan fingerprint density at radius 2 is 1.77 bits per heavy atom. The number of urea groups is 1. The Hall–Kier alpha value is -2.57. The van der Waals surface area contributed by atoms with Gasteiger partial charge in [-0.05, 0) is 49.7 Å². The van der Waals surface area contributed by atoms with Crippen molar-refractivity contribution < 1.29 is 19.1 Å². The summed E-state index contributed by atoms with van der Waals surface area (Å²) in [6, 6.07) is 7.98. The summed E-state index contributed by atoms with van der Waals surface area (Å²) in [5.41, 5.74) is 0.633. The molecule has 30 heavy (non-hydrogen) atoms. The maximum absolute atomic E-state index is 12.8. The number of rotatable bonds is 6. The second kappa shape index (κ2) is 10.5. The Labute approximate surface area is 178 Å². The number of benzene rings is 1. The number of carbonyl (C=O) groups excluding carboxylic acids is 3. The van der Waals surface area contributed by atoms with Crippen molar-refractivity contribution in [3.63, 3.8) is 0 Å². The first-order valence-corrected chi connectivity index (χ1v) is 11.0. The fraction of sp³-hybridized carbons (Fsp3) is 0.609. The summed E-state index contributed by atoms with van der Waals surface area (Å²) in [4.78, 5) is 39.6. The van der Waals surface area contributed by atoms with Crippen molar-refractivity contribution >= 4 is 23.6 Å². The van der Waals surface area contributed by atoms with Gasteiger partial charge in [0.15, 0.2) is 6.61 Å². The van der Waals surface area contributed by atoms with Crippen LogP contribution in [0.5, 0.6) is 0 Å². The van der Waals surface area contributed by atoms with Gasteiger partial charge in [-0.2, -0.15) is 0 Å². The van der Waals surface area contributed by atoms with E-state index in [1.165, 1.54) is 19.3 Å². The van der Waals surface area contributed by atoms with Gasteiger partial charge in [0.25, 0.3) is 5.91 Å². The van der Waals surface area contributed by atoms with Crippen LogP contribution < -0.4 is 10.6 Å². The third kappa shape index (κ3) is 5.74. The van der Waals surface area contributed by atoms with E-state index in [2.05, 4.69) is 10.6 Å². The molecule has 2 fully saturated rings. The average Bonchev–Trinajstić information content (AvgIpc) is 2.75. The van der Waals surface area contributed by atoms with Crippen molar-refractivity contribution in [3.05, 3.63) is 30.3 Å². The number of ether oxygens (including phenoxy) is 1. The molecule has 0 radical (unpaired) electrons. The molecule has 1 saturated carbocycles. The molecule has 1 heterocycles. The number of hydrogen-bond acceptors (Lipinski definition) is 4. The molecule has 0 bridgehead atoms. The molecule has 3 rings (SSSR count). The molecule has 3 atom stereocenters. The van der Waals surface area contributed by atoms with Crippen LogP contribution in [0.3, 0.4) is 0 Å². The van der Waals surface area contributed by atoms with Crippen LogP contribution >= 0.6 is 0 Å². The van der Waals surface area contributed by atoms with Crippen LogP contribution in [0.1, 0.15) is 52.4 Å². The predicted molar refractivity (Wildman–Crippen MR) is 115 cm³/mol. The Morgan fingerprint density at radius 3 is 2.50 bits per heavy atom. The third-order valence-electron chi connectivity index (χ3n) is 6.14. The normalized spacial score (nSPS) is 22.0. The van der Waals surface area contributed by atoms with Crippen LogP contribution in [0.15, 0.2) is 30.3 Å². The lowest BCUT2D eigenvalue weighted by molar-refractivity contribution is -0.156. The maximum Gasteiger partial charge on any atom is 0.329 e. The van der Waals surface area contributed by atoms with Crippen molar-refractivity contribution in [2.45, 2.75) is 64.5 Å². The molecule has 1 saturated heterocycles. The van der Waals surface area contributed by atoms with Gasteiger partial charge in [-0.3, -0.25) is 4.79 Å². The summed E-state index contributed by atoms with van der Waals surface area (Å²) in [5.74, 6) is -0.305. The molecule has 164 valence electrons. The number of hydrogen-bond donors (Lipinski definition) is 2. The zero-order chi connectivity index (χ0) is 21.5. The van der Waals surface area contributed by atoms with E-state index in [1.807, 2.05) is 36.9 Å². The standard InChI is InChI=1S/C23H33N3O4/c1-16(2)21(25-23(29)24-18-11-4-3-5-12-18)22(28)30-15-20(27)26-14-8-10-17-9-6-7-13-19(17)26/h3-5,11-12,16-17,19,21H,6-10,13-15H2,1-2H3,(H2,24,25,29)/t17-,19-,21-/m0/s1. The van der Waals surface area contributed by atoms with Crippen LogP contribution in [0.2, 0.25) is 0 Å². The lowest BCUT2D eigenvalue weighted by Crippen LogP contribution is -2.52. The molecule has 7 nitrogen and oxygen atoms in total. The second-order valence-corrected chi connectivity index (χ2v) is 8.64. The molecular weight excluding hydrogens is 382 g/mol. The smallest absolute Gasteiger partial charge is 0.329 e. The molecule has 3 amide bonds. The van der Waals surface area contributed by atoms with Crippen molar-refractivity contribution in [1.29, 1.82) is 0 Å². The van der Waals surface area contributed by atoms with Crippen LogP contribution in [-0.2, 0) is 14.3 Å². The zero-order valence-corrected chi connectivity index (χ0v) is 17.9. The molecule has 0 unspecified atom stereocenters. The molecule has 1 aliphatic heterocycles. The monoisotopic (exact) mass is 415 g/mol. The number of esters is 1. The maximum atomic E-state index is 12.8. The molecule has 1 aromatic carbocycles.